The summed E-state index contributed by atoms with van der Waals surface area (Å²) >= 11 is 3.45. The largest absolute Gasteiger partial charge is 0.453 e. The minimum Gasteiger partial charge on any atom is -0.453 e. The zero-order chi connectivity index (χ0) is 13.1. The smallest absolute Gasteiger partial charge is 0.407 e. The molecule has 0 radical (unpaired) electrons. The summed E-state index contributed by atoms with van der Waals surface area (Å²) in [5.41, 5.74) is 7.49. The van der Waals surface area contributed by atoms with E-state index in [0.29, 0.717) is 12.2 Å². The van der Waals surface area contributed by atoms with Crippen LogP contribution in [0.2, 0.25) is 0 Å². The van der Waals surface area contributed by atoms with Gasteiger partial charge in [0.25, 0.3) is 0 Å². The predicted octanol–water partition coefficient (Wildman–Crippen LogP) is 1.36. The first-order chi connectivity index (χ1) is 8.61. The van der Waals surface area contributed by atoms with Gasteiger partial charge in [-0.05, 0) is 22.4 Å². The number of amides is 1. The summed E-state index contributed by atoms with van der Waals surface area (Å²) in [5.74, 6) is 0. The number of nitrogens with one attached hydrogen (secondary N) is 1. The summed E-state index contributed by atoms with van der Waals surface area (Å²) < 4.78 is 5.45. The van der Waals surface area contributed by atoms with E-state index in [1.165, 1.54) is 7.11 Å². The predicted molar refractivity (Wildman–Crippen MR) is 72.5 cm³/mol. The van der Waals surface area contributed by atoms with E-state index in [2.05, 4.69) is 35.9 Å². The lowest BCUT2D eigenvalue weighted by molar-refractivity contribution is 0.167. The fourth-order valence-electron chi connectivity index (χ4n) is 2.08. The van der Waals surface area contributed by atoms with Crippen LogP contribution in [0.3, 0.4) is 0 Å². The van der Waals surface area contributed by atoms with Gasteiger partial charge in [-0.25, -0.2) is 4.79 Å². The number of nitrogen functional groups attached to an aromatic ring is 1. The Kier molecular flexibility index (Phi) is 3.90. The number of hydrogen-bond acceptors (Lipinski definition) is 5. The number of ether oxygens (including phenoxy) is 1. The molecular formula is C11H15BrN4O2. The summed E-state index contributed by atoms with van der Waals surface area (Å²) in [7, 11) is 1.36. The van der Waals surface area contributed by atoms with Crippen molar-refractivity contribution in [2.24, 2.45) is 0 Å². The molecule has 98 valence electrons. The van der Waals surface area contributed by atoms with Crippen molar-refractivity contribution in [3.63, 3.8) is 0 Å². The Labute approximate surface area is 114 Å². The minimum absolute atomic E-state index is 0.0805. The molecular weight excluding hydrogens is 300 g/mol. The molecule has 1 atom stereocenters. The van der Waals surface area contributed by atoms with Gasteiger partial charge < -0.3 is 20.7 Å². The molecule has 0 saturated carbocycles. The van der Waals surface area contributed by atoms with Crippen LogP contribution in [0.15, 0.2) is 16.9 Å². The summed E-state index contributed by atoms with van der Waals surface area (Å²) in [4.78, 5) is 17.3. The Morgan fingerprint density at radius 1 is 1.67 bits per heavy atom. The lowest BCUT2D eigenvalue weighted by atomic mass is 10.3. The fraction of sp³-hybridized carbons (Fsp3) is 0.455. The first kappa shape index (κ1) is 12.9. The van der Waals surface area contributed by atoms with E-state index in [9.17, 15) is 4.79 Å². The average Bonchev–Trinajstić information content (AvgIpc) is 2.77. The summed E-state index contributed by atoms with van der Waals surface area (Å²) in [6.45, 7) is 1.55. The second kappa shape index (κ2) is 5.43. The molecule has 3 N–H and O–H groups in total. The van der Waals surface area contributed by atoms with Crippen LogP contribution < -0.4 is 16.0 Å². The Hall–Kier alpha value is -1.50. The van der Waals surface area contributed by atoms with Crippen LogP contribution in [0.1, 0.15) is 6.42 Å². The van der Waals surface area contributed by atoms with Crippen LogP contribution in [-0.2, 0) is 4.74 Å². The van der Waals surface area contributed by atoms with Gasteiger partial charge in [0.15, 0.2) is 0 Å². The van der Waals surface area contributed by atoms with Crippen molar-refractivity contribution in [1.29, 1.82) is 0 Å². The number of anilines is 2. The molecule has 0 aliphatic carbocycles. The Bertz CT molecular complexity index is 434. The first-order valence-corrected chi connectivity index (χ1v) is 6.39. The molecule has 0 aromatic carbocycles. The summed E-state index contributed by atoms with van der Waals surface area (Å²) in [6.07, 6.45) is 3.81. The molecule has 1 aromatic heterocycles. The molecule has 1 aromatic rings. The SMILES string of the molecule is COC(=O)NC1CCN(c2c(N)cncc2Br)C1. The molecule has 1 unspecified atom stereocenters. The van der Waals surface area contributed by atoms with Crippen LogP contribution in [0.25, 0.3) is 0 Å². The van der Waals surface area contributed by atoms with Crippen molar-refractivity contribution in [3.05, 3.63) is 16.9 Å². The lowest BCUT2D eigenvalue weighted by Gasteiger charge is -2.21. The molecule has 1 aliphatic heterocycles. The molecule has 1 fully saturated rings. The molecule has 1 aliphatic rings. The number of carbonyl (C=O) groups excluding carboxylic acids is 1. The molecule has 7 heteroatoms. The first-order valence-electron chi connectivity index (χ1n) is 5.60. The highest BCUT2D eigenvalue weighted by Crippen LogP contribution is 2.33. The Morgan fingerprint density at radius 2 is 2.44 bits per heavy atom. The van der Waals surface area contributed by atoms with E-state index in [1.54, 1.807) is 12.4 Å². The zero-order valence-corrected chi connectivity index (χ0v) is 11.6. The minimum atomic E-state index is -0.399. The Morgan fingerprint density at radius 3 is 3.11 bits per heavy atom. The number of pyridine rings is 1. The molecule has 1 saturated heterocycles. The van der Waals surface area contributed by atoms with E-state index >= 15 is 0 Å². The van der Waals surface area contributed by atoms with Crippen molar-refractivity contribution < 1.29 is 9.53 Å². The van der Waals surface area contributed by atoms with Gasteiger partial charge in [0.2, 0.25) is 0 Å². The van der Waals surface area contributed by atoms with Gasteiger partial charge in [0, 0.05) is 19.3 Å². The van der Waals surface area contributed by atoms with E-state index in [4.69, 9.17) is 5.73 Å². The summed E-state index contributed by atoms with van der Waals surface area (Å²) in [6, 6.07) is 0.0805. The van der Waals surface area contributed by atoms with Gasteiger partial charge in [0.1, 0.15) is 0 Å². The highest BCUT2D eigenvalue weighted by atomic mass is 79.9. The van der Waals surface area contributed by atoms with Crippen LogP contribution in [-0.4, -0.2) is 37.3 Å². The van der Waals surface area contributed by atoms with Gasteiger partial charge >= 0.3 is 6.09 Å². The number of carbonyl (C=O) groups is 1. The van der Waals surface area contributed by atoms with Gasteiger partial charge in [-0.15, -0.1) is 0 Å². The topological polar surface area (TPSA) is 80.5 Å². The monoisotopic (exact) mass is 314 g/mol. The number of alkyl carbamates (subject to hydrolysis) is 1. The van der Waals surface area contributed by atoms with Crippen molar-refractivity contribution in [2.75, 3.05) is 30.8 Å². The van der Waals surface area contributed by atoms with Gasteiger partial charge in [-0.3, -0.25) is 4.98 Å². The number of halogens is 1. The number of hydrogen-bond donors (Lipinski definition) is 2. The lowest BCUT2D eigenvalue weighted by Crippen LogP contribution is -2.37. The van der Waals surface area contributed by atoms with E-state index in [1.807, 2.05) is 0 Å². The standard InChI is InChI=1S/C11H15BrN4O2/c1-18-11(17)15-7-2-3-16(6-7)10-8(12)4-14-5-9(10)13/h4-5,7H,2-3,6,13H2,1H3,(H,15,17). The van der Waals surface area contributed by atoms with E-state index < -0.39 is 6.09 Å². The number of nitrogens with two attached hydrogens (primary N) is 1. The van der Waals surface area contributed by atoms with Crippen molar-refractivity contribution in [1.82, 2.24) is 10.3 Å². The molecule has 0 spiro atoms. The van der Waals surface area contributed by atoms with Crippen molar-refractivity contribution in [2.45, 2.75) is 12.5 Å². The third-order valence-electron chi connectivity index (χ3n) is 2.91. The molecule has 18 heavy (non-hydrogen) atoms. The zero-order valence-electron chi connectivity index (χ0n) is 10.0. The van der Waals surface area contributed by atoms with Crippen molar-refractivity contribution >= 4 is 33.4 Å². The number of nitrogens with zero attached hydrogens (tertiary/aromatic N) is 2. The van der Waals surface area contributed by atoms with E-state index in [0.717, 1.165) is 23.1 Å². The third kappa shape index (κ3) is 2.66. The molecule has 6 nitrogen and oxygen atoms in total. The quantitative estimate of drug-likeness (QED) is 0.861. The maximum Gasteiger partial charge on any atom is 0.407 e. The average molecular weight is 315 g/mol. The van der Waals surface area contributed by atoms with Gasteiger partial charge in [-0.2, -0.15) is 0 Å². The highest BCUT2D eigenvalue weighted by molar-refractivity contribution is 9.10. The normalized spacial score (nSPS) is 18.8. The number of aromatic nitrogens is 1. The van der Waals surface area contributed by atoms with Gasteiger partial charge in [-0.1, -0.05) is 0 Å². The summed E-state index contributed by atoms with van der Waals surface area (Å²) in [5, 5.41) is 2.79. The third-order valence-corrected chi connectivity index (χ3v) is 3.49. The van der Waals surface area contributed by atoms with E-state index in [-0.39, 0.29) is 6.04 Å². The van der Waals surface area contributed by atoms with Crippen LogP contribution >= 0.6 is 15.9 Å². The second-order valence-corrected chi connectivity index (χ2v) is 4.98. The fourth-order valence-corrected chi connectivity index (χ4v) is 2.68. The van der Waals surface area contributed by atoms with Crippen LogP contribution in [0, 0.1) is 0 Å². The molecule has 1 amide bonds. The molecule has 2 rings (SSSR count). The maximum atomic E-state index is 11.1. The second-order valence-electron chi connectivity index (χ2n) is 4.13. The van der Waals surface area contributed by atoms with Crippen molar-refractivity contribution in [3.8, 4) is 0 Å². The highest BCUT2D eigenvalue weighted by Gasteiger charge is 2.26. The number of rotatable bonds is 2. The maximum absolute atomic E-state index is 11.1. The number of methoxy groups -OCH3 is 1. The van der Waals surface area contributed by atoms with Crippen LogP contribution in [0.5, 0.6) is 0 Å². The molecule has 0 bridgehead atoms. The van der Waals surface area contributed by atoms with Crippen LogP contribution in [0.4, 0.5) is 16.2 Å². The molecule has 2 heterocycles. The van der Waals surface area contributed by atoms with Gasteiger partial charge in [0.05, 0.1) is 35.2 Å². The Balaban J connectivity index is 2.07.